The van der Waals surface area contributed by atoms with Gasteiger partial charge >= 0.3 is 19.4 Å². The molecule has 34 heavy (non-hydrogen) atoms. The summed E-state index contributed by atoms with van der Waals surface area (Å²) in [4.78, 5) is 8.33. The molecule has 1 aromatic carbocycles. The predicted molar refractivity (Wildman–Crippen MR) is 108 cm³/mol. The first-order valence-electron chi connectivity index (χ1n) is 9.87. The summed E-state index contributed by atoms with van der Waals surface area (Å²) >= 11 is 6.30. The fraction of sp³-hybridized carbons (Fsp3) is 0.400. The van der Waals surface area contributed by atoms with Gasteiger partial charge in [-0.3, -0.25) is 0 Å². The minimum atomic E-state index is -5.14. The highest BCUT2D eigenvalue weighted by atomic mass is 35.5. The fourth-order valence-electron chi connectivity index (χ4n) is 3.98. The van der Waals surface area contributed by atoms with Gasteiger partial charge in [-0.25, -0.2) is 9.97 Å². The summed E-state index contributed by atoms with van der Waals surface area (Å²) in [7, 11) is 0. The molecular formula is C20H16ClF7N4O2. The van der Waals surface area contributed by atoms with Crippen molar-refractivity contribution in [3.63, 3.8) is 0 Å². The van der Waals surface area contributed by atoms with Gasteiger partial charge in [0.25, 0.3) is 0 Å². The van der Waals surface area contributed by atoms with Crippen LogP contribution in [0.15, 0.2) is 18.2 Å². The number of rotatable bonds is 6. The Hall–Kier alpha value is -2.80. The van der Waals surface area contributed by atoms with Crippen LogP contribution in [-0.2, 0) is 11.3 Å². The van der Waals surface area contributed by atoms with E-state index in [-0.39, 0.29) is 45.4 Å². The maximum Gasteiger partial charge on any atom is 0.419 e. The Kier molecular flexibility index (Phi) is 6.51. The molecule has 1 unspecified atom stereocenters. The van der Waals surface area contributed by atoms with Crippen molar-refractivity contribution in [1.29, 1.82) is 0 Å². The zero-order chi connectivity index (χ0) is 24.8. The minimum Gasteiger partial charge on any atom is -0.417 e. The minimum absolute atomic E-state index is 0.0309. The first-order chi connectivity index (χ1) is 16.0. The lowest BCUT2D eigenvalue weighted by Gasteiger charge is -2.24. The lowest BCUT2D eigenvalue weighted by molar-refractivity contribution is -0.276. The number of pyridine rings is 1. The van der Waals surface area contributed by atoms with E-state index in [0.29, 0.717) is 13.0 Å². The monoisotopic (exact) mass is 512 g/mol. The van der Waals surface area contributed by atoms with E-state index in [1.54, 1.807) is 0 Å². The highest BCUT2D eigenvalue weighted by Gasteiger charge is 2.45. The number of aryl methyl sites for hydroxylation is 2. The lowest BCUT2D eigenvalue weighted by atomic mass is 9.97. The Morgan fingerprint density at radius 2 is 1.85 bits per heavy atom. The molecule has 0 radical (unpaired) electrons. The maximum absolute atomic E-state index is 13.7. The van der Waals surface area contributed by atoms with Gasteiger partial charge in [0, 0.05) is 35.8 Å². The summed E-state index contributed by atoms with van der Waals surface area (Å²) in [5.74, 6) is -0.199. The summed E-state index contributed by atoms with van der Waals surface area (Å²) in [5, 5.41) is 2.90. The standard InChI is InChI=1S/C20H16ClF7N4O2/c1-8-13(11(21)7-12(30-8)33-17(22)23)9-3-4-10(16(20(26,27)28)34-18(24)25)15-14(9)31-19-29-5-2-6-32(15)19/h3-4,7,16-18H,2,5-6H2,1H3,(H,29,31). The van der Waals surface area contributed by atoms with E-state index in [4.69, 9.17) is 11.6 Å². The molecule has 1 N–H and O–H groups in total. The molecular weight excluding hydrogens is 497 g/mol. The van der Waals surface area contributed by atoms with Crippen LogP contribution in [0.5, 0.6) is 5.88 Å². The molecule has 2 aromatic heterocycles. The second-order valence-corrected chi connectivity index (χ2v) is 7.77. The molecule has 0 saturated carbocycles. The van der Waals surface area contributed by atoms with E-state index in [9.17, 15) is 30.7 Å². The van der Waals surface area contributed by atoms with Crippen molar-refractivity contribution in [2.24, 2.45) is 0 Å². The van der Waals surface area contributed by atoms with Gasteiger partial charge in [0.15, 0.2) is 6.10 Å². The number of imidazole rings is 1. The predicted octanol–water partition coefficient (Wildman–Crippen LogP) is 6.32. The molecule has 1 aliphatic heterocycles. The van der Waals surface area contributed by atoms with Gasteiger partial charge in [0.2, 0.25) is 11.8 Å². The number of fused-ring (bicyclic) bond motifs is 3. The number of anilines is 1. The van der Waals surface area contributed by atoms with E-state index in [1.165, 1.54) is 17.6 Å². The van der Waals surface area contributed by atoms with Gasteiger partial charge in [0.1, 0.15) is 0 Å². The van der Waals surface area contributed by atoms with Gasteiger partial charge < -0.3 is 19.4 Å². The first-order valence-corrected chi connectivity index (χ1v) is 10.2. The van der Waals surface area contributed by atoms with Crippen LogP contribution in [0.4, 0.5) is 36.7 Å². The van der Waals surface area contributed by atoms with Crippen LogP contribution in [0.25, 0.3) is 22.2 Å². The highest BCUT2D eigenvalue weighted by molar-refractivity contribution is 6.34. The molecule has 3 aromatic rings. The number of hydrogen-bond acceptors (Lipinski definition) is 5. The van der Waals surface area contributed by atoms with Gasteiger partial charge in [-0.15, -0.1) is 0 Å². The number of benzene rings is 1. The number of hydrogen-bond donors (Lipinski definition) is 1. The second kappa shape index (κ2) is 9.10. The van der Waals surface area contributed by atoms with Crippen molar-refractivity contribution in [2.45, 2.75) is 45.4 Å². The van der Waals surface area contributed by atoms with E-state index in [0.717, 1.165) is 12.1 Å². The molecule has 0 fully saturated rings. The van der Waals surface area contributed by atoms with Gasteiger partial charge in [-0.1, -0.05) is 23.7 Å². The zero-order valence-corrected chi connectivity index (χ0v) is 18.0. The summed E-state index contributed by atoms with van der Waals surface area (Å²) in [6.07, 6.45) is -7.50. The summed E-state index contributed by atoms with van der Waals surface area (Å²) < 4.78 is 102. The normalized spacial score (nSPS) is 15.0. The molecule has 0 bridgehead atoms. The first kappa shape index (κ1) is 24.3. The van der Waals surface area contributed by atoms with Crippen molar-refractivity contribution in [3.05, 3.63) is 34.5 Å². The second-order valence-electron chi connectivity index (χ2n) is 7.37. The Balaban J connectivity index is 1.97. The zero-order valence-electron chi connectivity index (χ0n) is 17.3. The third-order valence-electron chi connectivity index (χ3n) is 5.19. The van der Waals surface area contributed by atoms with Crippen LogP contribution in [0, 0.1) is 6.92 Å². The molecule has 4 rings (SSSR count). The quantitative estimate of drug-likeness (QED) is 0.392. The highest BCUT2D eigenvalue weighted by Crippen LogP contribution is 2.45. The van der Waals surface area contributed by atoms with E-state index in [2.05, 4.69) is 24.8 Å². The average molecular weight is 513 g/mol. The van der Waals surface area contributed by atoms with E-state index >= 15 is 0 Å². The molecule has 0 spiro atoms. The molecule has 3 heterocycles. The fourth-order valence-corrected chi connectivity index (χ4v) is 4.31. The van der Waals surface area contributed by atoms with Crippen LogP contribution in [0.1, 0.15) is 23.8 Å². The van der Waals surface area contributed by atoms with Crippen molar-refractivity contribution < 1.29 is 40.2 Å². The Bertz CT molecular complexity index is 1190. The van der Waals surface area contributed by atoms with Crippen LogP contribution >= 0.6 is 11.6 Å². The molecule has 0 aliphatic carbocycles. The molecule has 14 heteroatoms. The van der Waals surface area contributed by atoms with E-state index in [1.807, 2.05) is 0 Å². The average Bonchev–Trinajstić information content (AvgIpc) is 3.10. The number of nitrogens with zero attached hydrogens (tertiary/aromatic N) is 3. The Morgan fingerprint density at radius 1 is 1.12 bits per heavy atom. The van der Waals surface area contributed by atoms with Crippen LogP contribution in [0.2, 0.25) is 5.02 Å². The van der Waals surface area contributed by atoms with Crippen LogP contribution in [0.3, 0.4) is 0 Å². The van der Waals surface area contributed by atoms with Crippen molar-refractivity contribution in [1.82, 2.24) is 14.5 Å². The molecule has 0 amide bonds. The third kappa shape index (κ3) is 4.58. The number of alkyl halides is 7. The maximum atomic E-state index is 13.7. The number of nitrogens with one attached hydrogen (secondary N) is 1. The smallest absolute Gasteiger partial charge is 0.417 e. The molecule has 1 atom stereocenters. The molecule has 0 saturated heterocycles. The SMILES string of the molecule is Cc1nc(OC(F)F)cc(Cl)c1-c1ccc(C(OC(F)F)C(F)(F)F)c2c1nc1n2CCCN1. The Morgan fingerprint density at radius 3 is 2.47 bits per heavy atom. The molecule has 6 nitrogen and oxygen atoms in total. The topological polar surface area (TPSA) is 61.2 Å². The summed E-state index contributed by atoms with van der Waals surface area (Å²) in [5.41, 5.74) is 0.0164. The lowest BCUT2D eigenvalue weighted by Crippen LogP contribution is -2.26. The largest absolute Gasteiger partial charge is 0.419 e. The van der Waals surface area contributed by atoms with Crippen molar-refractivity contribution in [2.75, 3.05) is 11.9 Å². The number of ether oxygens (including phenoxy) is 2. The van der Waals surface area contributed by atoms with Crippen molar-refractivity contribution in [3.8, 4) is 17.0 Å². The molecule has 1 aliphatic rings. The summed E-state index contributed by atoms with van der Waals surface area (Å²) in [6.45, 7) is -4.58. The summed E-state index contributed by atoms with van der Waals surface area (Å²) in [6, 6.07) is 3.29. The van der Waals surface area contributed by atoms with Gasteiger partial charge in [-0.2, -0.15) is 30.7 Å². The van der Waals surface area contributed by atoms with Gasteiger partial charge in [-0.05, 0) is 13.3 Å². The van der Waals surface area contributed by atoms with Crippen molar-refractivity contribution >= 4 is 28.6 Å². The number of halogens is 8. The number of aromatic nitrogens is 3. The Labute approximate surface area is 192 Å². The van der Waals surface area contributed by atoms with E-state index < -0.39 is 36.9 Å². The van der Waals surface area contributed by atoms with Crippen LogP contribution in [-0.4, -0.2) is 40.5 Å². The van der Waals surface area contributed by atoms with Crippen LogP contribution < -0.4 is 10.1 Å². The molecule has 184 valence electrons. The van der Waals surface area contributed by atoms with Gasteiger partial charge in [0.05, 0.1) is 21.7 Å². The third-order valence-corrected chi connectivity index (χ3v) is 5.49.